The molecular weight excluding hydrogens is 202 g/mol. The number of nitrogens with zero attached hydrogens (tertiary/aromatic N) is 1. The lowest BCUT2D eigenvalue weighted by Gasteiger charge is -2.36. The summed E-state index contributed by atoms with van der Waals surface area (Å²) in [5, 5.41) is 10.0. The topological polar surface area (TPSA) is 32.7 Å². The van der Waals surface area contributed by atoms with Crippen LogP contribution in [0.4, 0.5) is 0 Å². The molecule has 3 nitrogen and oxygen atoms in total. The van der Waals surface area contributed by atoms with Gasteiger partial charge in [0.1, 0.15) is 11.9 Å². The van der Waals surface area contributed by atoms with Crippen molar-refractivity contribution >= 4 is 0 Å². The molecule has 2 fully saturated rings. The Morgan fingerprint density at radius 3 is 2.75 bits per heavy atom. The predicted octanol–water partition coefficient (Wildman–Crippen LogP) is 1.36. The summed E-state index contributed by atoms with van der Waals surface area (Å²) in [5.74, 6) is 0.885. The number of rotatable bonds is 3. The van der Waals surface area contributed by atoms with Crippen LogP contribution in [0, 0.1) is 0 Å². The average Bonchev–Trinajstić information content (AvgIpc) is 2.96. The molecule has 1 saturated heterocycles. The highest BCUT2D eigenvalue weighted by Crippen LogP contribution is 2.45. The Balaban J connectivity index is 1.70. The monoisotopic (exact) mass is 219 g/mol. The summed E-state index contributed by atoms with van der Waals surface area (Å²) in [6.07, 6.45) is 2.07. The fraction of sp³-hybridized carbons (Fsp3) is 0.538. The average molecular weight is 219 g/mol. The lowest BCUT2D eigenvalue weighted by atomic mass is 10.1. The molecule has 1 aromatic carbocycles. The van der Waals surface area contributed by atoms with Crippen LogP contribution in [-0.2, 0) is 5.60 Å². The van der Waals surface area contributed by atoms with Crippen molar-refractivity contribution in [2.75, 3.05) is 20.1 Å². The van der Waals surface area contributed by atoms with E-state index in [2.05, 4.69) is 11.9 Å². The van der Waals surface area contributed by atoms with E-state index in [1.807, 2.05) is 24.3 Å². The van der Waals surface area contributed by atoms with Gasteiger partial charge in [0.05, 0.1) is 5.60 Å². The third-order valence-corrected chi connectivity index (χ3v) is 3.43. The minimum Gasteiger partial charge on any atom is -0.488 e. The Morgan fingerprint density at radius 1 is 1.38 bits per heavy atom. The molecule has 0 atom stereocenters. The smallest absolute Gasteiger partial charge is 0.124 e. The van der Waals surface area contributed by atoms with E-state index in [9.17, 15) is 5.11 Å². The van der Waals surface area contributed by atoms with Gasteiger partial charge < -0.3 is 9.84 Å². The van der Waals surface area contributed by atoms with Gasteiger partial charge in [-0.1, -0.05) is 12.1 Å². The van der Waals surface area contributed by atoms with E-state index in [1.54, 1.807) is 0 Å². The molecule has 0 unspecified atom stereocenters. The molecule has 3 rings (SSSR count). The van der Waals surface area contributed by atoms with Crippen LogP contribution in [0.3, 0.4) is 0 Å². The second-order valence-electron chi connectivity index (χ2n) is 5.02. The van der Waals surface area contributed by atoms with Crippen molar-refractivity contribution in [2.24, 2.45) is 0 Å². The molecule has 1 aliphatic carbocycles. The highest BCUT2D eigenvalue weighted by molar-refractivity contribution is 5.35. The SMILES string of the molecule is CN1CC(Oc2cccc(C3(O)CC3)c2)C1. The Labute approximate surface area is 95.6 Å². The van der Waals surface area contributed by atoms with Crippen molar-refractivity contribution in [1.82, 2.24) is 4.90 Å². The predicted molar refractivity (Wildman–Crippen MR) is 61.5 cm³/mol. The minimum absolute atomic E-state index is 0.314. The summed E-state index contributed by atoms with van der Waals surface area (Å²) < 4.78 is 5.83. The van der Waals surface area contributed by atoms with Crippen LogP contribution >= 0.6 is 0 Å². The number of likely N-dealkylation sites (N-methyl/N-ethyl adjacent to an activating group) is 1. The van der Waals surface area contributed by atoms with Gasteiger partial charge >= 0.3 is 0 Å². The molecule has 2 aliphatic rings. The zero-order chi connectivity index (χ0) is 11.2. The van der Waals surface area contributed by atoms with Crippen LogP contribution in [0.25, 0.3) is 0 Å². The third-order valence-electron chi connectivity index (χ3n) is 3.43. The molecule has 86 valence electrons. The zero-order valence-corrected chi connectivity index (χ0v) is 9.52. The van der Waals surface area contributed by atoms with Crippen LogP contribution in [0.15, 0.2) is 24.3 Å². The number of aliphatic hydroxyl groups is 1. The molecular formula is C13H17NO2. The summed E-state index contributed by atoms with van der Waals surface area (Å²) in [6, 6.07) is 7.88. The van der Waals surface area contributed by atoms with E-state index < -0.39 is 5.60 Å². The number of hydrogen-bond acceptors (Lipinski definition) is 3. The van der Waals surface area contributed by atoms with Gasteiger partial charge in [0.2, 0.25) is 0 Å². The molecule has 0 spiro atoms. The second kappa shape index (κ2) is 3.47. The van der Waals surface area contributed by atoms with Crippen LogP contribution in [-0.4, -0.2) is 36.2 Å². The molecule has 3 heteroatoms. The first-order valence-electron chi connectivity index (χ1n) is 5.84. The Kier molecular flexibility index (Phi) is 2.19. The highest BCUT2D eigenvalue weighted by Gasteiger charge is 2.42. The van der Waals surface area contributed by atoms with Gasteiger partial charge in [0.25, 0.3) is 0 Å². The normalized spacial score (nSPS) is 23.9. The Hall–Kier alpha value is -1.06. The van der Waals surface area contributed by atoms with E-state index in [4.69, 9.17) is 4.74 Å². The number of ether oxygens (including phenoxy) is 1. The van der Waals surface area contributed by atoms with Gasteiger partial charge in [-0.2, -0.15) is 0 Å². The first-order chi connectivity index (χ1) is 7.66. The zero-order valence-electron chi connectivity index (χ0n) is 9.52. The lowest BCUT2D eigenvalue weighted by molar-refractivity contribution is 0.0385. The molecule has 1 N–H and O–H groups in total. The molecule has 0 radical (unpaired) electrons. The molecule has 0 bridgehead atoms. The summed E-state index contributed by atoms with van der Waals surface area (Å²) in [4.78, 5) is 2.23. The van der Waals surface area contributed by atoms with Crippen molar-refractivity contribution in [2.45, 2.75) is 24.5 Å². The third kappa shape index (κ3) is 1.81. The molecule has 0 aromatic heterocycles. The minimum atomic E-state index is -0.560. The highest BCUT2D eigenvalue weighted by atomic mass is 16.5. The van der Waals surface area contributed by atoms with Crippen LogP contribution in [0.2, 0.25) is 0 Å². The first-order valence-corrected chi connectivity index (χ1v) is 5.84. The maximum Gasteiger partial charge on any atom is 0.124 e. The van der Waals surface area contributed by atoms with E-state index in [0.29, 0.717) is 6.10 Å². The molecule has 1 heterocycles. The second-order valence-corrected chi connectivity index (χ2v) is 5.02. The lowest BCUT2D eigenvalue weighted by Crippen LogP contribution is -2.51. The van der Waals surface area contributed by atoms with E-state index in [1.165, 1.54) is 0 Å². The van der Waals surface area contributed by atoms with E-state index in [-0.39, 0.29) is 0 Å². The first kappa shape index (κ1) is 10.1. The van der Waals surface area contributed by atoms with Crippen molar-refractivity contribution in [3.8, 4) is 5.75 Å². The van der Waals surface area contributed by atoms with Crippen LogP contribution < -0.4 is 4.74 Å². The van der Waals surface area contributed by atoms with Gasteiger partial charge in [0.15, 0.2) is 0 Å². The summed E-state index contributed by atoms with van der Waals surface area (Å²) in [6.45, 7) is 1.99. The van der Waals surface area contributed by atoms with Gasteiger partial charge in [-0.3, -0.25) is 4.90 Å². The number of hydrogen-bond donors (Lipinski definition) is 1. The van der Waals surface area contributed by atoms with E-state index >= 15 is 0 Å². The van der Waals surface area contributed by atoms with Crippen LogP contribution in [0.1, 0.15) is 18.4 Å². The quantitative estimate of drug-likeness (QED) is 0.833. The molecule has 16 heavy (non-hydrogen) atoms. The molecule has 1 saturated carbocycles. The molecule has 1 aliphatic heterocycles. The van der Waals surface area contributed by atoms with Gasteiger partial charge in [-0.05, 0) is 37.6 Å². The Morgan fingerprint density at radius 2 is 2.12 bits per heavy atom. The maximum absolute atomic E-state index is 10.0. The van der Waals surface area contributed by atoms with Gasteiger partial charge in [-0.15, -0.1) is 0 Å². The van der Waals surface area contributed by atoms with Crippen LogP contribution in [0.5, 0.6) is 5.75 Å². The number of benzene rings is 1. The molecule has 0 amide bonds. The van der Waals surface area contributed by atoms with E-state index in [0.717, 1.165) is 37.2 Å². The fourth-order valence-electron chi connectivity index (χ4n) is 2.17. The summed E-state index contributed by atoms with van der Waals surface area (Å²) in [7, 11) is 2.09. The van der Waals surface area contributed by atoms with Crippen molar-refractivity contribution in [3.63, 3.8) is 0 Å². The maximum atomic E-state index is 10.0. The van der Waals surface area contributed by atoms with Gasteiger partial charge in [0, 0.05) is 13.1 Å². The standard InChI is InChI=1S/C13H17NO2/c1-14-8-12(9-14)16-11-4-2-3-10(7-11)13(15)5-6-13/h2-4,7,12,15H,5-6,8-9H2,1H3. The van der Waals surface area contributed by atoms with Crippen molar-refractivity contribution in [3.05, 3.63) is 29.8 Å². The summed E-state index contributed by atoms with van der Waals surface area (Å²) >= 11 is 0. The van der Waals surface area contributed by atoms with Gasteiger partial charge in [-0.25, -0.2) is 0 Å². The summed E-state index contributed by atoms with van der Waals surface area (Å²) in [5.41, 5.74) is 0.438. The fourth-order valence-corrected chi connectivity index (χ4v) is 2.17. The van der Waals surface area contributed by atoms with Crippen molar-refractivity contribution in [1.29, 1.82) is 0 Å². The molecule has 1 aromatic rings. The Bertz CT molecular complexity index is 395. The largest absolute Gasteiger partial charge is 0.488 e. The van der Waals surface area contributed by atoms with Crippen molar-refractivity contribution < 1.29 is 9.84 Å². The number of likely N-dealkylation sites (tertiary alicyclic amines) is 1.